The third kappa shape index (κ3) is 4.70. The average Bonchev–Trinajstić information content (AvgIpc) is 3.13. The minimum absolute atomic E-state index is 0.232. The Morgan fingerprint density at radius 3 is 2.92 bits per heavy atom. The fourth-order valence-electron chi connectivity index (χ4n) is 2.23. The molecule has 0 bridgehead atoms. The summed E-state index contributed by atoms with van der Waals surface area (Å²) in [7, 11) is 1.59. The van der Waals surface area contributed by atoms with Crippen LogP contribution in [-0.2, 0) is 6.61 Å². The van der Waals surface area contributed by atoms with Crippen molar-refractivity contribution in [2.24, 2.45) is 5.10 Å². The topological polar surface area (TPSA) is 88.6 Å². The molecule has 1 aromatic carbocycles. The second kappa shape index (κ2) is 8.30. The summed E-state index contributed by atoms with van der Waals surface area (Å²) in [5, 5.41) is 6.10. The number of hydrogen-bond donors (Lipinski definition) is 2. The van der Waals surface area contributed by atoms with E-state index in [1.165, 1.54) is 6.07 Å². The number of hydrogen-bond acceptors (Lipinski definition) is 7. The van der Waals surface area contributed by atoms with Crippen molar-refractivity contribution in [1.29, 1.82) is 0 Å². The normalized spacial score (nSPS) is 10.8. The van der Waals surface area contributed by atoms with Gasteiger partial charge in [0.15, 0.2) is 11.5 Å². The van der Waals surface area contributed by atoms with Gasteiger partial charge in [-0.3, -0.25) is 9.78 Å². The first kappa shape index (κ1) is 17.7. The van der Waals surface area contributed by atoms with E-state index in [4.69, 9.17) is 9.47 Å². The van der Waals surface area contributed by atoms with Crippen LogP contribution in [0.25, 0.3) is 0 Å². The van der Waals surface area contributed by atoms with Crippen molar-refractivity contribution in [3.05, 3.63) is 68.3 Å². The van der Waals surface area contributed by atoms with E-state index >= 15 is 0 Å². The monoisotopic (exact) mass is 370 g/mol. The number of aromatic amines is 1. The SMILES string of the molecule is COc1cc(/C=N\Nc2nc(C)cc(=O)[nH]2)ccc1OCc1cccs1. The number of aromatic nitrogens is 2. The second-order valence-electron chi connectivity index (χ2n) is 5.38. The molecule has 0 amide bonds. The van der Waals surface area contributed by atoms with Crippen LogP contribution in [0.5, 0.6) is 11.5 Å². The molecule has 7 nitrogen and oxygen atoms in total. The van der Waals surface area contributed by atoms with E-state index in [1.807, 2.05) is 35.7 Å². The fourth-order valence-corrected chi connectivity index (χ4v) is 2.84. The highest BCUT2D eigenvalue weighted by Crippen LogP contribution is 2.28. The molecule has 0 aliphatic heterocycles. The number of methoxy groups -OCH3 is 1. The molecular formula is C18H18N4O3S. The lowest BCUT2D eigenvalue weighted by molar-refractivity contribution is 0.287. The van der Waals surface area contributed by atoms with Crippen molar-refractivity contribution in [2.45, 2.75) is 13.5 Å². The van der Waals surface area contributed by atoms with Gasteiger partial charge in [-0.15, -0.1) is 11.3 Å². The number of nitrogens with one attached hydrogen (secondary N) is 2. The van der Waals surface area contributed by atoms with Crippen molar-refractivity contribution < 1.29 is 9.47 Å². The minimum atomic E-state index is -0.232. The molecule has 0 aliphatic rings. The van der Waals surface area contributed by atoms with Gasteiger partial charge in [0.2, 0.25) is 5.95 Å². The summed E-state index contributed by atoms with van der Waals surface area (Å²) in [5.41, 5.74) is 3.89. The van der Waals surface area contributed by atoms with Crippen molar-refractivity contribution in [2.75, 3.05) is 12.5 Å². The maximum atomic E-state index is 11.4. The van der Waals surface area contributed by atoms with E-state index in [1.54, 1.807) is 31.6 Å². The van der Waals surface area contributed by atoms with Crippen molar-refractivity contribution in [3.63, 3.8) is 0 Å². The van der Waals surface area contributed by atoms with Crippen LogP contribution in [0.15, 0.2) is 51.7 Å². The predicted octanol–water partition coefficient (Wildman–Crippen LogP) is 3.17. The van der Waals surface area contributed by atoms with Crippen LogP contribution < -0.4 is 20.5 Å². The smallest absolute Gasteiger partial charge is 0.252 e. The lowest BCUT2D eigenvalue weighted by Gasteiger charge is -2.10. The van der Waals surface area contributed by atoms with Crippen LogP contribution in [0.1, 0.15) is 16.1 Å². The number of anilines is 1. The van der Waals surface area contributed by atoms with Gasteiger partial charge in [0.1, 0.15) is 6.61 Å². The zero-order valence-corrected chi connectivity index (χ0v) is 15.2. The van der Waals surface area contributed by atoms with Gasteiger partial charge in [-0.05, 0) is 42.1 Å². The van der Waals surface area contributed by atoms with Crippen LogP contribution >= 0.6 is 11.3 Å². The van der Waals surface area contributed by atoms with Gasteiger partial charge in [-0.1, -0.05) is 6.07 Å². The molecule has 8 heteroatoms. The van der Waals surface area contributed by atoms with Crippen LogP contribution in [0, 0.1) is 6.92 Å². The molecule has 0 aliphatic carbocycles. The highest BCUT2D eigenvalue weighted by Gasteiger charge is 2.06. The summed E-state index contributed by atoms with van der Waals surface area (Å²) in [6.07, 6.45) is 1.61. The molecule has 0 saturated heterocycles. The third-order valence-electron chi connectivity index (χ3n) is 3.39. The molecule has 2 N–H and O–H groups in total. The van der Waals surface area contributed by atoms with Gasteiger partial charge in [0.05, 0.1) is 13.3 Å². The van der Waals surface area contributed by atoms with Crippen LogP contribution in [0.3, 0.4) is 0 Å². The maximum absolute atomic E-state index is 11.4. The molecule has 0 spiro atoms. The quantitative estimate of drug-likeness (QED) is 0.493. The Kier molecular flexibility index (Phi) is 5.65. The average molecular weight is 370 g/mol. The third-order valence-corrected chi connectivity index (χ3v) is 4.24. The van der Waals surface area contributed by atoms with E-state index in [9.17, 15) is 4.79 Å². The Hall–Kier alpha value is -3.13. The lowest BCUT2D eigenvalue weighted by atomic mass is 10.2. The van der Waals surface area contributed by atoms with E-state index in [0.717, 1.165) is 10.4 Å². The Labute approximate surface area is 154 Å². The van der Waals surface area contributed by atoms with Gasteiger partial charge < -0.3 is 9.47 Å². The van der Waals surface area contributed by atoms with E-state index in [2.05, 4.69) is 20.5 Å². The number of benzene rings is 1. The molecule has 3 rings (SSSR count). The Morgan fingerprint density at radius 1 is 1.31 bits per heavy atom. The summed E-state index contributed by atoms with van der Waals surface area (Å²) < 4.78 is 11.2. The highest BCUT2D eigenvalue weighted by atomic mass is 32.1. The zero-order valence-electron chi connectivity index (χ0n) is 14.4. The lowest BCUT2D eigenvalue weighted by Crippen LogP contribution is -2.10. The Balaban J connectivity index is 1.67. The number of hydrazone groups is 1. The van der Waals surface area contributed by atoms with Gasteiger partial charge in [-0.2, -0.15) is 5.10 Å². The standard InChI is InChI=1S/C18H18N4O3S/c1-12-8-17(23)21-18(20-12)22-19-10-13-5-6-15(16(9-13)24-2)25-11-14-4-3-7-26-14/h3-10H,11H2,1-2H3,(H2,20,21,22,23)/b19-10-. The second-order valence-corrected chi connectivity index (χ2v) is 6.42. The predicted molar refractivity (Wildman–Crippen MR) is 102 cm³/mol. The summed E-state index contributed by atoms with van der Waals surface area (Å²) >= 11 is 1.64. The van der Waals surface area contributed by atoms with Gasteiger partial charge in [0.25, 0.3) is 5.56 Å². The van der Waals surface area contributed by atoms with Gasteiger partial charge in [0, 0.05) is 16.6 Å². The molecule has 26 heavy (non-hydrogen) atoms. The Morgan fingerprint density at radius 2 is 2.19 bits per heavy atom. The molecule has 0 saturated carbocycles. The summed E-state index contributed by atoms with van der Waals surface area (Å²) in [5.74, 6) is 1.57. The molecule has 0 unspecified atom stereocenters. The number of rotatable bonds is 7. The largest absolute Gasteiger partial charge is 0.493 e. The molecule has 3 aromatic rings. The Bertz CT molecular complexity index is 951. The first-order valence-corrected chi connectivity index (χ1v) is 8.72. The highest BCUT2D eigenvalue weighted by molar-refractivity contribution is 7.09. The van der Waals surface area contributed by atoms with Crippen LogP contribution in [-0.4, -0.2) is 23.3 Å². The molecule has 0 fully saturated rings. The van der Waals surface area contributed by atoms with Crippen LogP contribution in [0.4, 0.5) is 5.95 Å². The number of thiophene rings is 1. The number of H-pyrrole nitrogens is 1. The fraction of sp³-hybridized carbons (Fsp3) is 0.167. The zero-order chi connectivity index (χ0) is 18.4. The van der Waals surface area contributed by atoms with Crippen LogP contribution in [0.2, 0.25) is 0 Å². The molecule has 2 aromatic heterocycles. The van der Waals surface area contributed by atoms with Crippen molar-refractivity contribution in [3.8, 4) is 11.5 Å². The van der Waals surface area contributed by atoms with E-state index < -0.39 is 0 Å². The molecule has 2 heterocycles. The minimum Gasteiger partial charge on any atom is -0.493 e. The number of ether oxygens (including phenoxy) is 2. The first-order chi connectivity index (χ1) is 12.6. The van der Waals surface area contributed by atoms with Gasteiger partial charge in [-0.25, -0.2) is 10.4 Å². The number of aryl methyl sites for hydroxylation is 1. The summed E-state index contributed by atoms with van der Waals surface area (Å²) in [6.45, 7) is 2.24. The van der Waals surface area contributed by atoms with Crippen molar-refractivity contribution in [1.82, 2.24) is 9.97 Å². The molecular weight excluding hydrogens is 352 g/mol. The first-order valence-electron chi connectivity index (χ1n) is 7.84. The van der Waals surface area contributed by atoms with Crippen molar-refractivity contribution >= 4 is 23.5 Å². The van der Waals surface area contributed by atoms with E-state index in [-0.39, 0.29) is 11.5 Å². The molecule has 134 valence electrons. The maximum Gasteiger partial charge on any atom is 0.252 e. The van der Waals surface area contributed by atoms with E-state index in [0.29, 0.717) is 23.8 Å². The molecule has 0 radical (unpaired) electrons. The molecule has 0 atom stereocenters. The number of nitrogens with zero attached hydrogens (tertiary/aromatic N) is 2. The summed E-state index contributed by atoms with van der Waals surface area (Å²) in [6, 6.07) is 10.9. The van der Waals surface area contributed by atoms with Gasteiger partial charge >= 0.3 is 0 Å². The summed E-state index contributed by atoms with van der Waals surface area (Å²) in [4.78, 5) is 19.2.